The van der Waals surface area contributed by atoms with Crippen LogP contribution in [0, 0.1) is 6.92 Å². The molecule has 5 nitrogen and oxygen atoms in total. The number of aromatic nitrogens is 2. The molecule has 0 saturated heterocycles. The Labute approximate surface area is 110 Å². The maximum Gasteiger partial charge on any atom is 0.240 e. The lowest BCUT2D eigenvalue weighted by Crippen LogP contribution is -2.42. The summed E-state index contributed by atoms with van der Waals surface area (Å²) >= 11 is 1.66. The zero-order valence-corrected chi connectivity index (χ0v) is 11.4. The van der Waals surface area contributed by atoms with Crippen molar-refractivity contribution in [3.8, 4) is 0 Å². The quantitative estimate of drug-likeness (QED) is 0.586. The van der Waals surface area contributed by atoms with Crippen LogP contribution in [-0.4, -0.2) is 15.5 Å². The molecule has 96 valence electrons. The zero-order valence-electron chi connectivity index (χ0n) is 10.6. The van der Waals surface area contributed by atoms with Gasteiger partial charge in [-0.05, 0) is 39.2 Å². The van der Waals surface area contributed by atoms with Crippen LogP contribution in [0.25, 0.3) is 10.2 Å². The lowest BCUT2D eigenvalue weighted by Gasteiger charge is -2.39. The molecule has 1 aliphatic rings. The molecule has 1 saturated carbocycles. The average Bonchev–Trinajstić information content (AvgIpc) is 2.67. The summed E-state index contributed by atoms with van der Waals surface area (Å²) in [5, 5.41) is 4.63. The second kappa shape index (κ2) is 4.07. The fraction of sp³-hybridized carbons (Fsp3) is 0.500. The maximum atomic E-state index is 5.43. The molecule has 0 atom stereocenters. The number of thiophene rings is 1. The van der Waals surface area contributed by atoms with Gasteiger partial charge in [0.15, 0.2) is 0 Å². The van der Waals surface area contributed by atoms with Crippen LogP contribution >= 0.6 is 11.3 Å². The molecule has 0 aliphatic heterocycles. The van der Waals surface area contributed by atoms with E-state index in [1.807, 2.05) is 0 Å². The van der Waals surface area contributed by atoms with E-state index in [0.717, 1.165) is 16.0 Å². The third-order valence-corrected chi connectivity index (χ3v) is 4.47. The summed E-state index contributed by atoms with van der Waals surface area (Å²) in [6.07, 6.45) is 3.66. The third-order valence-electron chi connectivity index (χ3n) is 3.52. The van der Waals surface area contributed by atoms with Crippen molar-refractivity contribution in [1.29, 1.82) is 0 Å². The molecule has 2 aromatic heterocycles. The van der Waals surface area contributed by atoms with Gasteiger partial charge in [-0.15, -0.1) is 11.3 Å². The van der Waals surface area contributed by atoms with E-state index in [4.69, 9.17) is 5.84 Å². The van der Waals surface area contributed by atoms with Gasteiger partial charge in [0.1, 0.15) is 10.6 Å². The van der Waals surface area contributed by atoms with Crippen molar-refractivity contribution in [2.75, 3.05) is 10.7 Å². The highest BCUT2D eigenvalue weighted by Crippen LogP contribution is 2.37. The first kappa shape index (κ1) is 11.7. The largest absolute Gasteiger partial charge is 0.364 e. The summed E-state index contributed by atoms with van der Waals surface area (Å²) in [7, 11) is 0. The minimum Gasteiger partial charge on any atom is -0.364 e. The topological polar surface area (TPSA) is 75.9 Å². The first-order valence-corrected chi connectivity index (χ1v) is 6.94. The van der Waals surface area contributed by atoms with E-state index in [9.17, 15) is 0 Å². The van der Waals surface area contributed by atoms with Crippen molar-refractivity contribution in [2.45, 2.75) is 38.6 Å². The zero-order chi connectivity index (χ0) is 12.8. The molecule has 3 rings (SSSR count). The van der Waals surface area contributed by atoms with E-state index in [1.54, 1.807) is 11.3 Å². The van der Waals surface area contributed by atoms with Crippen LogP contribution in [0.1, 0.15) is 31.1 Å². The highest BCUT2D eigenvalue weighted by molar-refractivity contribution is 7.18. The van der Waals surface area contributed by atoms with Crippen LogP contribution in [-0.2, 0) is 0 Å². The van der Waals surface area contributed by atoms with Crippen molar-refractivity contribution >= 4 is 33.3 Å². The summed E-state index contributed by atoms with van der Waals surface area (Å²) in [5.41, 5.74) is 2.70. The van der Waals surface area contributed by atoms with Crippen molar-refractivity contribution in [3.63, 3.8) is 0 Å². The van der Waals surface area contributed by atoms with Crippen LogP contribution < -0.4 is 16.6 Å². The Hall–Kier alpha value is -1.40. The number of hydrazine groups is 1. The summed E-state index contributed by atoms with van der Waals surface area (Å²) in [6, 6.07) is 2.13. The van der Waals surface area contributed by atoms with E-state index < -0.39 is 0 Å². The van der Waals surface area contributed by atoms with Gasteiger partial charge in [0.2, 0.25) is 5.95 Å². The van der Waals surface area contributed by atoms with E-state index in [1.165, 1.54) is 24.1 Å². The van der Waals surface area contributed by atoms with Crippen LogP contribution in [0.4, 0.5) is 11.8 Å². The van der Waals surface area contributed by atoms with Crippen LogP contribution in [0.5, 0.6) is 0 Å². The molecular weight excluding hydrogens is 246 g/mol. The standard InChI is InChI=1S/C12H17N5S/c1-7-6-8-9(16-12(2)4-3-5-12)14-11(17-13)15-10(8)18-7/h6H,3-5,13H2,1-2H3,(H2,14,15,16,17). The van der Waals surface area contributed by atoms with E-state index in [2.05, 4.69) is 40.6 Å². The smallest absolute Gasteiger partial charge is 0.240 e. The molecule has 0 bridgehead atoms. The Morgan fingerprint density at radius 3 is 2.78 bits per heavy atom. The summed E-state index contributed by atoms with van der Waals surface area (Å²) in [4.78, 5) is 11.0. The SMILES string of the molecule is Cc1cc2c(NC3(C)CCC3)nc(NN)nc2s1. The van der Waals surface area contributed by atoms with Gasteiger partial charge in [-0.3, -0.25) is 5.43 Å². The van der Waals surface area contributed by atoms with Gasteiger partial charge >= 0.3 is 0 Å². The van der Waals surface area contributed by atoms with E-state index in [-0.39, 0.29) is 5.54 Å². The molecule has 0 aromatic carbocycles. The van der Waals surface area contributed by atoms with Crippen LogP contribution in [0.15, 0.2) is 6.07 Å². The molecule has 18 heavy (non-hydrogen) atoms. The summed E-state index contributed by atoms with van der Waals surface area (Å²) in [5.74, 6) is 6.78. The molecule has 0 spiro atoms. The number of nitrogens with two attached hydrogens (primary N) is 1. The molecule has 6 heteroatoms. The average molecular weight is 263 g/mol. The van der Waals surface area contributed by atoms with Crippen LogP contribution in [0.3, 0.4) is 0 Å². The Morgan fingerprint density at radius 2 is 2.17 bits per heavy atom. The van der Waals surface area contributed by atoms with Gasteiger partial charge in [0.05, 0.1) is 5.39 Å². The number of nitrogens with zero attached hydrogens (tertiary/aromatic N) is 2. The normalized spacial score (nSPS) is 17.5. The lowest BCUT2D eigenvalue weighted by atomic mass is 9.78. The predicted octanol–water partition coefficient (Wildman–Crippen LogP) is 2.64. The highest BCUT2D eigenvalue weighted by atomic mass is 32.1. The minimum absolute atomic E-state index is 0.170. The highest BCUT2D eigenvalue weighted by Gasteiger charge is 2.32. The number of hydrogen-bond acceptors (Lipinski definition) is 6. The van der Waals surface area contributed by atoms with Crippen molar-refractivity contribution in [2.24, 2.45) is 5.84 Å². The van der Waals surface area contributed by atoms with Gasteiger partial charge in [-0.1, -0.05) is 0 Å². The molecule has 0 amide bonds. The Morgan fingerprint density at radius 1 is 1.39 bits per heavy atom. The van der Waals surface area contributed by atoms with Crippen molar-refractivity contribution in [1.82, 2.24) is 9.97 Å². The van der Waals surface area contributed by atoms with Gasteiger partial charge in [0.25, 0.3) is 0 Å². The Bertz CT molecular complexity index is 587. The fourth-order valence-corrected chi connectivity index (χ4v) is 3.20. The molecule has 0 radical (unpaired) electrons. The predicted molar refractivity (Wildman–Crippen MR) is 75.8 cm³/mol. The second-order valence-corrected chi connectivity index (χ2v) is 6.39. The number of rotatable bonds is 3. The molecule has 2 heterocycles. The van der Waals surface area contributed by atoms with Crippen LogP contribution in [0.2, 0.25) is 0 Å². The van der Waals surface area contributed by atoms with E-state index >= 15 is 0 Å². The number of nitrogen functional groups attached to an aromatic ring is 1. The first-order chi connectivity index (χ1) is 8.59. The van der Waals surface area contributed by atoms with Gasteiger partial charge in [0, 0.05) is 10.4 Å². The number of nitrogens with one attached hydrogen (secondary N) is 2. The second-order valence-electron chi connectivity index (χ2n) is 5.16. The maximum absolute atomic E-state index is 5.43. The molecular formula is C12H17N5S. The third kappa shape index (κ3) is 1.91. The Kier molecular flexibility index (Phi) is 2.64. The van der Waals surface area contributed by atoms with Gasteiger partial charge in [-0.2, -0.15) is 4.98 Å². The molecule has 4 N–H and O–H groups in total. The van der Waals surface area contributed by atoms with Gasteiger partial charge < -0.3 is 5.32 Å². The number of hydrogen-bond donors (Lipinski definition) is 3. The first-order valence-electron chi connectivity index (χ1n) is 6.13. The lowest BCUT2D eigenvalue weighted by molar-refractivity contribution is 0.306. The number of fused-ring (bicyclic) bond motifs is 1. The van der Waals surface area contributed by atoms with Crippen molar-refractivity contribution in [3.05, 3.63) is 10.9 Å². The summed E-state index contributed by atoms with van der Waals surface area (Å²) in [6.45, 7) is 4.32. The number of aryl methyl sites for hydroxylation is 1. The molecule has 1 fully saturated rings. The number of anilines is 2. The van der Waals surface area contributed by atoms with E-state index in [0.29, 0.717) is 5.95 Å². The molecule has 1 aliphatic carbocycles. The molecule has 0 unspecified atom stereocenters. The fourth-order valence-electron chi connectivity index (χ4n) is 2.32. The van der Waals surface area contributed by atoms with Crippen molar-refractivity contribution < 1.29 is 0 Å². The minimum atomic E-state index is 0.170. The molecule has 2 aromatic rings. The summed E-state index contributed by atoms with van der Waals surface area (Å²) < 4.78 is 0. The van der Waals surface area contributed by atoms with Gasteiger partial charge in [-0.25, -0.2) is 10.8 Å². The Balaban J connectivity index is 2.07. The monoisotopic (exact) mass is 263 g/mol.